The van der Waals surface area contributed by atoms with Gasteiger partial charge in [-0.05, 0) is 30.3 Å². The van der Waals surface area contributed by atoms with E-state index in [-0.39, 0.29) is 10.8 Å². The van der Waals surface area contributed by atoms with Crippen molar-refractivity contribution in [1.82, 2.24) is 19.8 Å². The van der Waals surface area contributed by atoms with Crippen molar-refractivity contribution in [3.8, 4) is 11.3 Å². The van der Waals surface area contributed by atoms with Gasteiger partial charge in [-0.2, -0.15) is 0 Å². The average molecular weight is 327 g/mol. The fourth-order valence-electron chi connectivity index (χ4n) is 1.87. The van der Waals surface area contributed by atoms with Crippen LogP contribution in [0.5, 0.6) is 0 Å². The zero-order valence-corrected chi connectivity index (χ0v) is 12.7. The predicted octanol–water partition coefficient (Wildman–Crippen LogP) is 1.84. The number of sulfonamides is 1. The van der Waals surface area contributed by atoms with Gasteiger partial charge in [-0.1, -0.05) is 18.2 Å². The SMILES string of the molecule is O=S(=O)(NNc1nccc(-c2cccnc2)n1)c1ccccc1. The molecule has 3 aromatic rings. The van der Waals surface area contributed by atoms with E-state index in [4.69, 9.17) is 0 Å². The number of hydrogen-bond acceptors (Lipinski definition) is 6. The van der Waals surface area contributed by atoms with Crippen molar-refractivity contribution in [2.24, 2.45) is 0 Å². The van der Waals surface area contributed by atoms with Gasteiger partial charge in [0.25, 0.3) is 10.0 Å². The van der Waals surface area contributed by atoms with E-state index in [0.717, 1.165) is 5.56 Å². The minimum atomic E-state index is -3.69. The van der Waals surface area contributed by atoms with Crippen molar-refractivity contribution in [2.75, 3.05) is 5.43 Å². The summed E-state index contributed by atoms with van der Waals surface area (Å²) in [6.07, 6.45) is 4.87. The molecule has 1 aromatic carbocycles. The van der Waals surface area contributed by atoms with E-state index in [9.17, 15) is 8.42 Å². The Morgan fingerprint density at radius 2 is 1.74 bits per heavy atom. The average Bonchev–Trinajstić information content (AvgIpc) is 2.62. The van der Waals surface area contributed by atoms with Gasteiger partial charge in [0.1, 0.15) is 0 Å². The summed E-state index contributed by atoms with van der Waals surface area (Å²) in [5, 5.41) is 0. The minimum Gasteiger partial charge on any atom is -0.276 e. The van der Waals surface area contributed by atoms with Crippen LogP contribution in [0.2, 0.25) is 0 Å². The molecule has 0 bridgehead atoms. The molecule has 2 N–H and O–H groups in total. The third-order valence-corrected chi connectivity index (χ3v) is 4.23. The quantitative estimate of drug-likeness (QED) is 0.694. The zero-order chi connectivity index (χ0) is 16.1. The van der Waals surface area contributed by atoms with Crippen LogP contribution in [0.15, 0.2) is 72.0 Å². The van der Waals surface area contributed by atoms with Gasteiger partial charge >= 0.3 is 0 Å². The second-order valence-corrected chi connectivity index (χ2v) is 6.23. The van der Waals surface area contributed by atoms with Gasteiger partial charge in [0, 0.05) is 24.2 Å². The zero-order valence-electron chi connectivity index (χ0n) is 11.9. The molecule has 3 rings (SSSR count). The Balaban J connectivity index is 1.77. The van der Waals surface area contributed by atoms with Crippen molar-refractivity contribution in [3.63, 3.8) is 0 Å². The Morgan fingerprint density at radius 3 is 2.48 bits per heavy atom. The Bertz CT molecular complexity index is 886. The molecule has 7 nitrogen and oxygen atoms in total. The van der Waals surface area contributed by atoms with Crippen molar-refractivity contribution in [1.29, 1.82) is 0 Å². The van der Waals surface area contributed by atoms with Gasteiger partial charge in [-0.25, -0.2) is 18.4 Å². The highest BCUT2D eigenvalue weighted by Gasteiger charge is 2.13. The first kappa shape index (κ1) is 15.1. The Kier molecular flexibility index (Phi) is 4.26. The van der Waals surface area contributed by atoms with Crippen LogP contribution in [-0.4, -0.2) is 23.4 Å². The van der Waals surface area contributed by atoms with Crippen LogP contribution in [0.3, 0.4) is 0 Å². The van der Waals surface area contributed by atoms with Crippen molar-refractivity contribution < 1.29 is 8.42 Å². The summed E-state index contributed by atoms with van der Waals surface area (Å²) >= 11 is 0. The number of anilines is 1. The maximum Gasteiger partial charge on any atom is 0.257 e. The molecule has 0 spiro atoms. The molecule has 2 aromatic heterocycles. The van der Waals surface area contributed by atoms with Gasteiger partial charge in [0.05, 0.1) is 10.6 Å². The summed E-state index contributed by atoms with van der Waals surface area (Å²) < 4.78 is 24.2. The highest BCUT2D eigenvalue weighted by atomic mass is 32.2. The third kappa shape index (κ3) is 3.68. The van der Waals surface area contributed by atoms with Gasteiger partial charge < -0.3 is 0 Å². The maximum atomic E-state index is 12.1. The van der Waals surface area contributed by atoms with Gasteiger partial charge in [-0.15, -0.1) is 4.83 Å². The number of nitrogens with one attached hydrogen (secondary N) is 2. The predicted molar refractivity (Wildman–Crippen MR) is 85.6 cm³/mol. The smallest absolute Gasteiger partial charge is 0.257 e. The molecule has 0 amide bonds. The summed E-state index contributed by atoms with van der Waals surface area (Å²) in [6, 6.07) is 13.4. The molecule has 0 aliphatic heterocycles. The lowest BCUT2D eigenvalue weighted by atomic mass is 10.2. The highest BCUT2D eigenvalue weighted by molar-refractivity contribution is 7.89. The molecule has 116 valence electrons. The van der Waals surface area contributed by atoms with Crippen LogP contribution in [0.25, 0.3) is 11.3 Å². The van der Waals surface area contributed by atoms with Crippen molar-refractivity contribution >= 4 is 16.0 Å². The molecule has 8 heteroatoms. The molecule has 0 aliphatic rings. The van der Waals surface area contributed by atoms with E-state index in [1.165, 1.54) is 18.3 Å². The Hall–Kier alpha value is -2.84. The summed E-state index contributed by atoms with van der Waals surface area (Å²) in [7, 11) is -3.69. The fraction of sp³-hybridized carbons (Fsp3) is 0. The van der Waals surface area contributed by atoms with Crippen LogP contribution < -0.4 is 10.3 Å². The van der Waals surface area contributed by atoms with Crippen molar-refractivity contribution in [2.45, 2.75) is 4.90 Å². The normalized spacial score (nSPS) is 11.1. The Morgan fingerprint density at radius 1 is 0.913 bits per heavy atom. The van der Waals surface area contributed by atoms with E-state index in [2.05, 4.69) is 25.2 Å². The number of rotatable bonds is 5. The van der Waals surface area contributed by atoms with E-state index in [1.807, 2.05) is 6.07 Å². The molecule has 0 saturated carbocycles. The molecular formula is C15H13N5O2S. The largest absolute Gasteiger partial charge is 0.276 e. The molecule has 0 saturated heterocycles. The minimum absolute atomic E-state index is 0.144. The fourth-order valence-corrected chi connectivity index (χ4v) is 2.72. The molecule has 0 atom stereocenters. The van der Waals surface area contributed by atoms with Crippen LogP contribution in [0.1, 0.15) is 0 Å². The molecule has 0 aliphatic carbocycles. The van der Waals surface area contributed by atoms with Gasteiger partial charge in [-0.3, -0.25) is 10.4 Å². The molecular weight excluding hydrogens is 314 g/mol. The van der Waals surface area contributed by atoms with E-state index < -0.39 is 10.0 Å². The second-order valence-electron chi connectivity index (χ2n) is 4.55. The molecule has 0 radical (unpaired) electrons. The number of pyridine rings is 1. The van der Waals surface area contributed by atoms with Crippen LogP contribution in [-0.2, 0) is 10.0 Å². The molecule has 2 heterocycles. The van der Waals surface area contributed by atoms with E-state index >= 15 is 0 Å². The van der Waals surface area contributed by atoms with Crippen LogP contribution in [0, 0.1) is 0 Å². The summed E-state index contributed by atoms with van der Waals surface area (Å²) in [4.78, 5) is 14.7. The lowest BCUT2D eigenvalue weighted by Crippen LogP contribution is -2.30. The molecule has 23 heavy (non-hydrogen) atoms. The standard InChI is InChI=1S/C15H13N5O2S/c21-23(22,13-6-2-1-3-7-13)20-19-15-17-10-8-14(18-15)12-5-4-9-16-11-12/h1-11,20H,(H,17,18,19). The number of hydrazine groups is 1. The number of nitrogens with zero attached hydrogens (tertiary/aromatic N) is 3. The summed E-state index contributed by atoms with van der Waals surface area (Å²) in [5.41, 5.74) is 3.96. The first-order valence-corrected chi connectivity index (χ1v) is 8.20. The molecule has 0 unspecified atom stereocenters. The van der Waals surface area contributed by atoms with E-state index in [0.29, 0.717) is 5.69 Å². The van der Waals surface area contributed by atoms with Gasteiger partial charge in [0.2, 0.25) is 5.95 Å². The first-order chi connectivity index (χ1) is 11.1. The van der Waals surface area contributed by atoms with E-state index in [1.54, 1.807) is 42.7 Å². The van der Waals surface area contributed by atoms with Crippen LogP contribution >= 0.6 is 0 Å². The first-order valence-electron chi connectivity index (χ1n) is 6.71. The summed E-state index contributed by atoms with van der Waals surface area (Å²) in [5.74, 6) is 0.144. The van der Waals surface area contributed by atoms with Crippen LogP contribution in [0.4, 0.5) is 5.95 Å². The summed E-state index contributed by atoms with van der Waals surface area (Å²) in [6.45, 7) is 0. The van der Waals surface area contributed by atoms with Crippen molar-refractivity contribution in [3.05, 3.63) is 67.1 Å². The topological polar surface area (TPSA) is 96.9 Å². The van der Waals surface area contributed by atoms with Gasteiger partial charge in [0.15, 0.2) is 0 Å². The number of aromatic nitrogens is 3. The number of benzene rings is 1. The lowest BCUT2D eigenvalue weighted by molar-refractivity contribution is 0.587. The lowest BCUT2D eigenvalue weighted by Gasteiger charge is -2.09. The Labute approximate surface area is 133 Å². The number of hydrogen-bond donors (Lipinski definition) is 2. The third-order valence-electron chi connectivity index (χ3n) is 2.96. The maximum absolute atomic E-state index is 12.1. The monoisotopic (exact) mass is 327 g/mol. The molecule has 0 fully saturated rings. The second kappa shape index (κ2) is 6.51. The highest BCUT2D eigenvalue weighted by Crippen LogP contribution is 2.15.